The summed E-state index contributed by atoms with van der Waals surface area (Å²) in [5.41, 5.74) is 4.73. The van der Waals surface area contributed by atoms with Gasteiger partial charge in [-0.2, -0.15) is 0 Å². The van der Waals surface area contributed by atoms with Crippen LogP contribution < -0.4 is 0 Å². The predicted molar refractivity (Wildman–Crippen MR) is 71.6 cm³/mol. The topological polar surface area (TPSA) is 41.9 Å². The summed E-state index contributed by atoms with van der Waals surface area (Å²) in [7, 11) is 4.28. The van der Waals surface area contributed by atoms with Crippen LogP contribution in [0.4, 0.5) is 0 Å². The molecule has 3 rings (SSSR count). The van der Waals surface area contributed by atoms with Crippen LogP contribution in [0, 0.1) is 0 Å². The zero-order chi connectivity index (χ0) is 12.7. The molecule has 0 radical (unpaired) electrons. The lowest BCUT2D eigenvalue weighted by Crippen LogP contribution is -2.27. The van der Waals surface area contributed by atoms with Gasteiger partial charge in [0.1, 0.15) is 5.52 Å². The molecule has 0 saturated heterocycles. The van der Waals surface area contributed by atoms with Gasteiger partial charge in [-0.05, 0) is 50.2 Å². The zero-order valence-corrected chi connectivity index (χ0v) is 11.1. The number of rotatable bonds is 2. The van der Waals surface area contributed by atoms with E-state index in [1.165, 1.54) is 11.1 Å². The van der Waals surface area contributed by atoms with Gasteiger partial charge in [0, 0.05) is 12.5 Å². The second-order valence-corrected chi connectivity index (χ2v) is 5.22. The molecule has 0 aliphatic heterocycles. The predicted octanol–water partition coefficient (Wildman–Crippen LogP) is 1.62. The van der Waals surface area contributed by atoms with Crippen LogP contribution in [0.1, 0.15) is 23.9 Å². The largest absolute Gasteiger partial charge is 0.306 e. The number of benzene rings is 1. The molecule has 0 amide bonds. The highest BCUT2D eigenvalue weighted by Crippen LogP contribution is 2.27. The molecule has 1 aliphatic rings. The maximum Gasteiger partial charge on any atom is 0.151 e. The molecule has 0 spiro atoms. The number of hydrogen-bond donors (Lipinski definition) is 0. The van der Waals surface area contributed by atoms with Crippen LogP contribution >= 0.6 is 0 Å². The summed E-state index contributed by atoms with van der Waals surface area (Å²) in [6.45, 7) is 2.05. The van der Waals surface area contributed by atoms with E-state index < -0.39 is 0 Å². The smallest absolute Gasteiger partial charge is 0.151 e. The SMILES string of the molecule is CCc1nnc2cc3c(cc2n1)CC(N(C)C)C3. The van der Waals surface area contributed by atoms with Crippen molar-refractivity contribution in [2.75, 3.05) is 14.1 Å². The molecule has 0 saturated carbocycles. The highest BCUT2D eigenvalue weighted by molar-refractivity contribution is 5.76. The molecule has 18 heavy (non-hydrogen) atoms. The number of aryl methyl sites for hydroxylation is 1. The van der Waals surface area contributed by atoms with Crippen molar-refractivity contribution in [3.05, 3.63) is 29.1 Å². The Morgan fingerprint density at radius 2 is 1.78 bits per heavy atom. The summed E-state index contributed by atoms with van der Waals surface area (Å²) in [6, 6.07) is 4.96. The lowest BCUT2D eigenvalue weighted by atomic mass is 10.1. The van der Waals surface area contributed by atoms with E-state index in [9.17, 15) is 0 Å². The van der Waals surface area contributed by atoms with E-state index in [1.54, 1.807) is 0 Å². The van der Waals surface area contributed by atoms with Gasteiger partial charge >= 0.3 is 0 Å². The highest BCUT2D eigenvalue weighted by Gasteiger charge is 2.23. The molecule has 94 valence electrons. The zero-order valence-electron chi connectivity index (χ0n) is 11.1. The molecule has 1 atom stereocenters. The van der Waals surface area contributed by atoms with E-state index in [1.807, 2.05) is 0 Å². The fourth-order valence-electron chi connectivity index (χ4n) is 2.58. The van der Waals surface area contributed by atoms with E-state index in [0.717, 1.165) is 36.1 Å². The second-order valence-electron chi connectivity index (χ2n) is 5.22. The fraction of sp³-hybridized carbons (Fsp3) is 0.500. The summed E-state index contributed by atoms with van der Waals surface area (Å²) >= 11 is 0. The first-order chi connectivity index (χ1) is 8.67. The van der Waals surface area contributed by atoms with E-state index in [2.05, 4.69) is 53.2 Å². The molecule has 4 nitrogen and oxygen atoms in total. The van der Waals surface area contributed by atoms with Gasteiger partial charge in [0.25, 0.3) is 0 Å². The van der Waals surface area contributed by atoms with Crippen LogP contribution in [0.25, 0.3) is 11.0 Å². The fourth-order valence-corrected chi connectivity index (χ4v) is 2.58. The van der Waals surface area contributed by atoms with Crippen molar-refractivity contribution in [2.45, 2.75) is 32.2 Å². The minimum atomic E-state index is 0.607. The van der Waals surface area contributed by atoms with Gasteiger partial charge in [0.15, 0.2) is 5.82 Å². The van der Waals surface area contributed by atoms with Crippen molar-refractivity contribution in [1.82, 2.24) is 20.1 Å². The number of fused-ring (bicyclic) bond motifs is 2. The molecule has 1 aliphatic carbocycles. The van der Waals surface area contributed by atoms with Gasteiger partial charge in [-0.1, -0.05) is 6.92 Å². The first-order valence-electron chi connectivity index (χ1n) is 6.49. The Bertz CT molecular complexity index is 592. The molecule has 2 aromatic rings. The van der Waals surface area contributed by atoms with Crippen molar-refractivity contribution >= 4 is 11.0 Å². The molecular weight excluding hydrogens is 224 g/mol. The second kappa shape index (κ2) is 4.28. The van der Waals surface area contributed by atoms with Gasteiger partial charge < -0.3 is 4.90 Å². The molecule has 1 aromatic heterocycles. The van der Waals surface area contributed by atoms with E-state index in [0.29, 0.717) is 6.04 Å². The van der Waals surface area contributed by atoms with Crippen molar-refractivity contribution in [3.8, 4) is 0 Å². The number of aromatic nitrogens is 3. The van der Waals surface area contributed by atoms with E-state index in [4.69, 9.17) is 0 Å². The average Bonchev–Trinajstić information content (AvgIpc) is 2.78. The molecule has 1 heterocycles. The molecule has 0 N–H and O–H groups in total. The third-order valence-electron chi connectivity index (χ3n) is 3.78. The Balaban J connectivity index is 2.05. The average molecular weight is 242 g/mol. The standard InChI is InChI=1S/C14H18N4/c1-4-14-15-12-7-9-5-11(18(2)3)6-10(9)8-13(12)16-17-14/h7-8,11H,4-6H2,1-3H3. The summed E-state index contributed by atoms with van der Waals surface area (Å²) < 4.78 is 0. The molecular formula is C14H18N4. The van der Waals surface area contributed by atoms with Crippen LogP contribution in [0.15, 0.2) is 12.1 Å². The third-order valence-corrected chi connectivity index (χ3v) is 3.78. The van der Waals surface area contributed by atoms with Crippen LogP contribution in [0.2, 0.25) is 0 Å². The maximum atomic E-state index is 4.55. The lowest BCUT2D eigenvalue weighted by molar-refractivity contribution is 0.303. The Morgan fingerprint density at radius 3 is 2.39 bits per heavy atom. The van der Waals surface area contributed by atoms with Crippen molar-refractivity contribution in [2.24, 2.45) is 0 Å². The normalized spacial score (nSPS) is 18.6. The van der Waals surface area contributed by atoms with Gasteiger partial charge in [0.05, 0.1) is 5.52 Å². The summed E-state index contributed by atoms with van der Waals surface area (Å²) in [4.78, 5) is 6.85. The third kappa shape index (κ3) is 1.86. The first-order valence-corrected chi connectivity index (χ1v) is 6.49. The van der Waals surface area contributed by atoms with Gasteiger partial charge in [-0.3, -0.25) is 0 Å². The Kier molecular flexibility index (Phi) is 2.74. The van der Waals surface area contributed by atoms with E-state index in [-0.39, 0.29) is 0 Å². The van der Waals surface area contributed by atoms with Crippen molar-refractivity contribution in [1.29, 1.82) is 0 Å². The monoisotopic (exact) mass is 242 g/mol. The van der Waals surface area contributed by atoms with Crippen molar-refractivity contribution < 1.29 is 0 Å². The Hall–Kier alpha value is -1.55. The maximum absolute atomic E-state index is 4.55. The van der Waals surface area contributed by atoms with Crippen LogP contribution in [-0.4, -0.2) is 40.2 Å². The quantitative estimate of drug-likeness (QED) is 0.802. The minimum Gasteiger partial charge on any atom is -0.306 e. The van der Waals surface area contributed by atoms with Gasteiger partial charge in [0.2, 0.25) is 0 Å². The molecule has 1 aromatic carbocycles. The number of nitrogens with zero attached hydrogens (tertiary/aromatic N) is 4. The summed E-state index contributed by atoms with van der Waals surface area (Å²) in [5.74, 6) is 0.824. The number of likely N-dealkylation sites (N-methyl/N-ethyl adjacent to an activating group) is 1. The van der Waals surface area contributed by atoms with Crippen LogP contribution in [-0.2, 0) is 19.3 Å². The van der Waals surface area contributed by atoms with Gasteiger partial charge in [-0.15, -0.1) is 10.2 Å². The Labute approximate surface area is 107 Å². The van der Waals surface area contributed by atoms with Crippen LogP contribution in [0.5, 0.6) is 0 Å². The molecule has 4 heteroatoms. The minimum absolute atomic E-state index is 0.607. The highest BCUT2D eigenvalue weighted by atomic mass is 15.1. The van der Waals surface area contributed by atoms with Crippen LogP contribution in [0.3, 0.4) is 0 Å². The molecule has 1 unspecified atom stereocenters. The molecule has 0 fully saturated rings. The molecule has 0 bridgehead atoms. The lowest BCUT2D eigenvalue weighted by Gasteiger charge is -2.17. The van der Waals surface area contributed by atoms with Crippen molar-refractivity contribution in [3.63, 3.8) is 0 Å². The summed E-state index contributed by atoms with van der Waals surface area (Å²) in [5, 5.41) is 8.41. The number of hydrogen-bond acceptors (Lipinski definition) is 4. The Morgan fingerprint density at radius 1 is 1.11 bits per heavy atom. The van der Waals surface area contributed by atoms with E-state index >= 15 is 0 Å². The summed E-state index contributed by atoms with van der Waals surface area (Å²) in [6.07, 6.45) is 3.06. The van der Waals surface area contributed by atoms with Gasteiger partial charge in [-0.25, -0.2) is 4.98 Å². The first kappa shape index (κ1) is 11.5.